The Balaban J connectivity index is 1.53. The number of likely N-dealkylation sites (tertiary alicyclic amines) is 1. The van der Waals surface area contributed by atoms with Crippen molar-refractivity contribution < 1.29 is 4.79 Å². The Hall–Kier alpha value is -2.54. The fourth-order valence-corrected chi connectivity index (χ4v) is 5.12. The van der Waals surface area contributed by atoms with E-state index in [2.05, 4.69) is 30.0 Å². The van der Waals surface area contributed by atoms with Crippen molar-refractivity contribution in [1.29, 1.82) is 0 Å². The lowest BCUT2D eigenvalue weighted by atomic mass is 10.1. The van der Waals surface area contributed by atoms with Gasteiger partial charge >= 0.3 is 0 Å². The Bertz CT molecular complexity index is 1060. The SMILES string of the molecule is Cc1cc(-c2ccnc(-n3ncc(C(=O)N4CCCCC4)c3C3CC3)n2)c(C)s1. The number of hydrogen-bond acceptors (Lipinski definition) is 5. The minimum absolute atomic E-state index is 0.110. The van der Waals surface area contributed by atoms with Crippen LogP contribution in [0.3, 0.4) is 0 Å². The van der Waals surface area contributed by atoms with E-state index in [4.69, 9.17) is 4.98 Å². The molecule has 29 heavy (non-hydrogen) atoms. The second-order valence-corrected chi connectivity index (χ2v) is 9.51. The van der Waals surface area contributed by atoms with E-state index in [-0.39, 0.29) is 5.91 Å². The third kappa shape index (κ3) is 3.48. The summed E-state index contributed by atoms with van der Waals surface area (Å²) in [6.45, 7) is 5.92. The van der Waals surface area contributed by atoms with Gasteiger partial charge in [0.2, 0.25) is 0 Å². The molecule has 1 aliphatic heterocycles. The van der Waals surface area contributed by atoms with E-state index in [0.717, 1.165) is 61.3 Å². The van der Waals surface area contributed by atoms with Gasteiger partial charge in [0, 0.05) is 40.5 Å². The maximum absolute atomic E-state index is 13.2. The number of rotatable bonds is 4. The number of carbonyl (C=O) groups excluding carboxylic acids is 1. The summed E-state index contributed by atoms with van der Waals surface area (Å²) in [5.74, 6) is 1.03. The van der Waals surface area contributed by atoms with Gasteiger partial charge in [-0.15, -0.1) is 11.3 Å². The Morgan fingerprint density at radius 1 is 1.17 bits per heavy atom. The maximum atomic E-state index is 13.2. The van der Waals surface area contributed by atoms with Crippen LogP contribution in [-0.4, -0.2) is 43.6 Å². The number of nitrogens with zero attached hydrogens (tertiary/aromatic N) is 5. The van der Waals surface area contributed by atoms with E-state index in [9.17, 15) is 4.79 Å². The predicted molar refractivity (Wildman–Crippen MR) is 114 cm³/mol. The van der Waals surface area contributed by atoms with Crippen LogP contribution in [0.25, 0.3) is 17.2 Å². The normalized spacial score (nSPS) is 17.0. The molecule has 7 heteroatoms. The van der Waals surface area contributed by atoms with Crippen LogP contribution in [0, 0.1) is 13.8 Å². The van der Waals surface area contributed by atoms with Crippen molar-refractivity contribution in [2.75, 3.05) is 13.1 Å². The van der Waals surface area contributed by atoms with Crippen molar-refractivity contribution in [2.45, 2.75) is 51.9 Å². The number of piperidine rings is 1. The summed E-state index contributed by atoms with van der Waals surface area (Å²) >= 11 is 1.77. The highest BCUT2D eigenvalue weighted by Gasteiger charge is 2.35. The summed E-state index contributed by atoms with van der Waals surface area (Å²) in [4.78, 5) is 27.0. The van der Waals surface area contributed by atoms with Crippen molar-refractivity contribution >= 4 is 17.2 Å². The van der Waals surface area contributed by atoms with Gasteiger partial charge in [0.15, 0.2) is 0 Å². The first-order chi connectivity index (χ1) is 14.1. The van der Waals surface area contributed by atoms with Gasteiger partial charge in [-0.05, 0) is 58.1 Å². The fraction of sp³-hybridized carbons (Fsp3) is 0.455. The molecule has 5 rings (SSSR count). The molecule has 1 aliphatic carbocycles. The number of amides is 1. The summed E-state index contributed by atoms with van der Waals surface area (Å²) in [5.41, 5.74) is 3.75. The molecule has 0 atom stereocenters. The lowest BCUT2D eigenvalue weighted by Crippen LogP contribution is -2.36. The third-order valence-electron chi connectivity index (χ3n) is 5.79. The smallest absolute Gasteiger partial charge is 0.257 e. The van der Waals surface area contributed by atoms with Crippen LogP contribution in [0.1, 0.15) is 63.8 Å². The van der Waals surface area contributed by atoms with Crippen LogP contribution in [0.2, 0.25) is 0 Å². The molecule has 1 saturated heterocycles. The number of aryl methyl sites for hydroxylation is 2. The predicted octanol–water partition coefficient (Wildman–Crippen LogP) is 4.51. The van der Waals surface area contributed by atoms with Crippen molar-refractivity contribution in [1.82, 2.24) is 24.6 Å². The number of carbonyl (C=O) groups is 1. The summed E-state index contributed by atoms with van der Waals surface area (Å²) in [5, 5.41) is 4.57. The highest BCUT2D eigenvalue weighted by molar-refractivity contribution is 7.12. The summed E-state index contributed by atoms with van der Waals surface area (Å²) in [6, 6.07) is 4.11. The third-order valence-corrected chi connectivity index (χ3v) is 6.76. The first kappa shape index (κ1) is 18.5. The summed E-state index contributed by atoms with van der Waals surface area (Å²) in [7, 11) is 0. The van der Waals surface area contributed by atoms with Gasteiger partial charge in [-0.25, -0.2) is 14.6 Å². The second kappa shape index (κ2) is 7.37. The van der Waals surface area contributed by atoms with Crippen molar-refractivity contribution in [3.8, 4) is 17.2 Å². The minimum atomic E-state index is 0.110. The molecule has 2 fully saturated rings. The topological polar surface area (TPSA) is 63.9 Å². The lowest BCUT2D eigenvalue weighted by molar-refractivity contribution is 0.0723. The average Bonchev–Trinajstić information content (AvgIpc) is 3.39. The molecule has 0 aromatic carbocycles. The van der Waals surface area contributed by atoms with Crippen LogP contribution < -0.4 is 0 Å². The molecule has 0 spiro atoms. The van der Waals surface area contributed by atoms with Crippen molar-refractivity contribution in [3.63, 3.8) is 0 Å². The van der Waals surface area contributed by atoms with E-state index in [0.29, 0.717) is 11.9 Å². The van der Waals surface area contributed by atoms with Crippen LogP contribution in [0.5, 0.6) is 0 Å². The molecule has 1 amide bonds. The van der Waals surface area contributed by atoms with Gasteiger partial charge in [0.1, 0.15) is 0 Å². The molecule has 6 nitrogen and oxygen atoms in total. The maximum Gasteiger partial charge on any atom is 0.257 e. The number of hydrogen-bond donors (Lipinski definition) is 0. The molecule has 3 aromatic heterocycles. The minimum Gasteiger partial charge on any atom is -0.339 e. The van der Waals surface area contributed by atoms with Crippen molar-refractivity contribution in [3.05, 3.63) is 45.5 Å². The van der Waals surface area contributed by atoms with Gasteiger partial charge < -0.3 is 4.90 Å². The molecule has 2 aliphatic rings. The molecular formula is C22H25N5OS. The quantitative estimate of drug-likeness (QED) is 0.638. The number of aromatic nitrogens is 4. The van der Waals surface area contributed by atoms with Gasteiger partial charge in [-0.3, -0.25) is 4.79 Å². The zero-order valence-electron chi connectivity index (χ0n) is 16.9. The highest BCUT2D eigenvalue weighted by atomic mass is 32.1. The van der Waals surface area contributed by atoms with Crippen molar-refractivity contribution in [2.24, 2.45) is 0 Å². The van der Waals surface area contributed by atoms with E-state index >= 15 is 0 Å². The summed E-state index contributed by atoms with van der Waals surface area (Å²) in [6.07, 6.45) is 9.07. The molecular weight excluding hydrogens is 382 g/mol. The second-order valence-electron chi connectivity index (χ2n) is 8.05. The van der Waals surface area contributed by atoms with Crippen LogP contribution in [-0.2, 0) is 0 Å². The zero-order valence-corrected chi connectivity index (χ0v) is 17.7. The van der Waals surface area contributed by atoms with E-state index < -0.39 is 0 Å². The van der Waals surface area contributed by atoms with Gasteiger partial charge in [0.25, 0.3) is 11.9 Å². The Labute approximate surface area is 174 Å². The standard InChI is InChI=1S/C22H25N5OS/c1-14-12-17(15(2)29-14)19-8-9-23-22(25-19)27-20(16-6-7-16)18(13-24-27)21(28)26-10-4-3-5-11-26/h8-9,12-13,16H,3-7,10-11H2,1-2H3. The average molecular weight is 408 g/mol. The monoisotopic (exact) mass is 407 g/mol. The number of thiophene rings is 1. The van der Waals surface area contributed by atoms with Gasteiger partial charge in [-0.2, -0.15) is 5.10 Å². The first-order valence-electron chi connectivity index (χ1n) is 10.4. The first-order valence-corrected chi connectivity index (χ1v) is 11.2. The fourth-order valence-electron chi connectivity index (χ4n) is 4.18. The molecule has 3 aromatic rings. The Kier molecular flexibility index (Phi) is 4.70. The van der Waals surface area contributed by atoms with E-state index in [1.807, 2.05) is 11.0 Å². The molecule has 0 bridgehead atoms. The molecule has 150 valence electrons. The van der Waals surface area contributed by atoms with Gasteiger partial charge in [-0.1, -0.05) is 0 Å². The summed E-state index contributed by atoms with van der Waals surface area (Å²) < 4.78 is 1.80. The molecule has 0 radical (unpaired) electrons. The largest absolute Gasteiger partial charge is 0.339 e. The molecule has 4 heterocycles. The molecule has 0 unspecified atom stereocenters. The van der Waals surface area contributed by atoms with Crippen LogP contribution in [0.4, 0.5) is 0 Å². The lowest BCUT2D eigenvalue weighted by Gasteiger charge is -2.26. The highest BCUT2D eigenvalue weighted by Crippen LogP contribution is 2.42. The Morgan fingerprint density at radius 2 is 1.97 bits per heavy atom. The molecule has 1 saturated carbocycles. The van der Waals surface area contributed by atoms with Crippen LogP contribution >= 0.6 is 11.3 Å². The Morgan fingerprint density at radius 3 is 2.66 bits per heavy atom. The molecule has 0 N–H and O–H groups in total. The van der Waals surface area contributed by atoms with Gasteiger partial charge in [0.05, 0.1) is 23.1 Å². The zero-order chi connectivity index (χ0) is 20.0. The van der Waals surface area contributed by atoms with E-state index in [1.165, 1.54) is 16.2 Å². The van der Waals surface area contributed by atoms with E-state index in [1.54, 1.807) is 28.4 Å². The van der Waals surface area contributed by atoms with Crippen LogP contribution in [0.15, 0.2) is 24.5 Å².